The Morgan fingerprint density at radius 3 is 3.00 bits per heavy atom. The SMILES string of the molecule is C=CCS(=O)CC(O)CN1CC2CC(C1)c1cccc(=O)n1C2. The van der Waals surface area contributed by atoms with Crippen LogP contribution in [-0.2, 0) is 17.3 Å². The van der Waals surface area contributed by atoms with Crippen LogP contribution in [0.15, 0.2) is 35.6 Å². The van der Waals surface area contributed by atoms with Crippen LogP contribution >= 0.6 is 0 Å². The zero-order chi connectivity index (χ0) is 16.4. The topological polar surface area (TPSA) is 62.5 Å². The molecule has 2 aliphatic heterocycles. The summed E-state index contributed by atoms with van der Waals surface area (Å²) in [6.07, 6.45) is 2.16. The maximum atomic E-state index is 12.0. The van der Waals surface area contributed by atoms with Crippen molar-refractivity contribution in [3.05, 3.63) is 46.9 Å². The molecule has 0 saturated carbocycles. The lowest BCUT2D eigenvalue weighted by Gasteiger charge is -2.43. The number of fused-ring (bicyclic) bond motifs is 4. The molecule has 1 aromatic heterocycles. The van der Waals surface area contributed by atoms with Crippen LogP contribution in [-0.4, -0.2) is 56.0 Å². The largest absolute Gasteiger partial charge is 0.391 e. The monoisotopic (exact) mass is 336 g/mol. The van der Waals surface area contributed by atoms with Gasteiger partial charge in [-0.25, -0.2) is 0 Å². The van der Waals surface area contributed by atoms with Gasteiger partial charge in [0.2, 0.25) is 0 Å². The van der Waals surface area contributed by atoms with Crippen molar-refractivity contribution in [3.63, 3.8) is 0 Å². The summed E-state index contributed by atoms with van der Waals surface area (Å²) in [5.41, 5.74) is 1.20. The van der Waals surface area contributed by atoms with Crippen molar-refractivity contribution in [2.45, 2.75) is 25.0 Å². The Labute approximate surface area is 139 Å². The quantitative estimate of drug-likeness (QED) is 0.771. The zero-order valence-corrected chi connectivity index (χ0v) is 14.1. The molecule has 0 radical (unpaired) electrons. The van der Waals surface area contributed by atoms with Crippen LogP contribution < -0.4 is 5.56 Å². The summed E-state index contributed by atoms with van der Waals surface area (Å²) >= 11 is 0. The van der Waals surface area contributed by atoms with Gasteiger partial charge < -0.3 is 9.67 Å². The molecule has 2 aliphatic rings. The highest BCUT2D eigenvalue weighted by atomic mass is 32.2. The number of pyridine rings is 1. The second kappa shape index (κ2) is 7.11. The molecule has 4 unspecified atom stereocenters. The number of β-amino-alcohol motifs (C(OH)–C–C–N with tert-alkyl or cyclic N) is 1. The molecule has 0 amide bonds. The molecule has 5 nitrogen and oxygen atoms in total. The van der Waals surface area contributed by atoms with Crippen molar-refractivity contribution >= 4 is 10.8 Å². The van der Waals surface area contributed by atoms with Crippen molar-refractivity contribution in [3.8, 4) is 0 Å². The molecular weight excluding hydrogens is 312 g/mol. The van der Waals surface area contributed by atoms with E-state index in [2.05, 4.69) is 11.5 Å². The Kier molecular flexibility index (Phi) is 5.14. The van der Waals surface area contributed by atoms with Gasteiger partial charge in [0.05, 0.1) is 11.9 Å². The molecule has 2 bridgehead atoms. The number of aliphatic hydroxyl groups is 1. The number of piperidine rings is 1. The predicted octanol–water partition coefficient (Wildman–Crippen LogP) is 0.563. The van der Waals surface area contributed by atoms with Crippen LogP contribution in [0.25, 0.3) is 0 Å². The van der Waals surface area contributed by atoms with Crippen molar-refractivity contribution in [1.82, 2.24) is 9.47 Å². The van der Waals surface area contributed by atoms with Crippen LogP contribution in [0.5, 0.6) is 0 Å². The van der Waals surface area contributed by atoms with E-state index in [4.69, 9.17) is 0 Å². The molecule has 4 atom stereocenters. The van der Waals surface area contributed by atoms with Crippen molar-refractivity contribution in [2.75, 3.05) is 31.1 Å². The molecule has 0 aromatic carbocycles. The highest BCUT2D eigenvalue weighted by Gasteiger charge is 2.34. The van der Waals surface area contributed by atoms with Gasteiger partial charge in [-0.1, -0.05) is 12.1 Å². The predicted molar refractivity (Wildman–Crippen MR) is 92.1 cm³/mol. The third-order valence-electron chi connectivity index (χ3n) is 4.71. The highest BCUT2D eigenvalue weighted by molar-refractivity contribution is 7.85. The minimum atomic E-state index is -1.04. The van der Waals surface area contributed by atoms with E-state index >= 15 is 0 Å². The molecule has 1 N–H and O–H groups in total. The maximum Gasteiger partial charge on any atom is 0.250 e. The molecule has 6 heteroatoms. The molecule has 3 heterocycles. The van der Waals surface area contributed by atoms with Gasteiger partial charge in [0, 0.05) is 60.4 Å². The smallest absolute Gasteiger partial charge is 0.250 e. The summed E-state index contributed by atoms with van der Waals surface area (Å²) in [5, 5.41) is 10.2. The second-order valence-electron chi connectivity index (χ2n) is 6.63. The number of aromatic nitrogens is 1. The Hall–Kier alpha value is -1.24. The fraction of sp³-hybridized carbons (Fsp3) is 0.588. The standard InChI is InChI=1S/C17H24N2O3S/c1-2-6-23(22)12-15(20)11-18-8-13-7-14(10-18)16-4-3-5-17(21)19(16)9-13/h2-5,13-15,20H,1,6-12H2. The summed E-state index contributed by atoms with van der Waals surface area (Å²) in [4.78, 5) is 14.3. The molecule has 1 fully saturated rings. The van der Waals surface area contributed by atoms with Gasteiger partial charge >= 0.3 is 0 Å². The number of aliphatic hydroxyl groups excluding tert-OH is 1. The van der Waals surface area contributed by atoms with Gasteiger partial charge in [0.25, 0.3) is 5.56 Å². The number of hydrogen-bond acceptors (Lipinski definition) is 4. The first-order valence-electron chi connectivity index (χ1n) is 8.13. The number of likely N-dealkylation sites (tertiary alicyclic amines) is 1. The third-order valence-corrected chi connectivity index (χ3v) is 6.07. The lowest BCUT2D eigenvalue weighted by Crippen LogP contribution is -2.49. The van der Waals surface area contributed by atoms with Crippen LogP contribution in [0.4, 0.5) is 0 Å². The molecule has 0 aliphatic carbocycles. The van der Waals surface area contributed by atoms with Crippen molar-refractivity contribution < 1.29 is 9.32 Å². The van der Waals surface area contributed by atoms with Gasteiger partial charge in [-0.05, 0) is 18.4 Å². The van der Waals surface area contributed by atoms with Crippen LogP contribution in [0.3, 0.4) is 0 Å². The Bertz CT molecular complexity index is 657. The molecule has 1 saturated heterocycles. The number of rotatable bonds is 6. The van der Waals surface area contributed by atoms with E-state index in [0.717, 1.165) is 31.7 Å². The van der Waals surface area contributed by atoms with Gasteiger partial charge in [-0.15, -0.1) is 6.58 Å². The first-order chi connectivity index (χ1) is 11.1. The summed E-state index contributed by atoms with van der Waals surface area (Å²) in [5.74, 6) is 1.53. The first-order valence-corrected chi connectivity index (χ1v) is 9.61. The number of hydrogen-bond donors (Lipinski definition) is 1. The molecule has 23 heavy (non-hydrogen) atoms. The summed E-state index contributed by atoms with van der Waals surface area (Å²) in [7, 11) is -1.04. The Morgan fingerprint density at radius 2 is 2.22 bits per heavy atom. The van der Waals surface area contributed by atoms with Gasteiger partial charge in [-0.2, -0.15) is 0 Å². The van der Waals surface area contributed by atoms with Gasteiger partial charge in [0.1, 0.15) is 0 Å². The van der Waals surface area contributed by atoms with Crippen molar-refractivity contribution in [2.24, 2.45) is 5.92 Å². The lowest BCUT2D eigenvalue weighted by atomic mass is 9.83. The van der Waals surface area contributed by atoms with Gasteiger partial charge in [-0.3, -0.25) is 13.9 Å². The lowest BCUT2D eigenvalue weighted by molar-refractivity contribution is 0.0714. The molecule has 1 aromatic rings. The Morgan fingerprint density at radius 1 is 1.39 bits per heavy atom. The zero-order valence-electron chi connectivity index (χ0n) is 13.3. The average Bonchev–Trinajstić information content (AvgIpc) is 2.48. The fourth-order valence-electron chi connectivity index (χ4n) is 3.91. The summed E-state index contributed by atoms with van der Waals surface area (Å²) in [6.45, 7) is 6.63. The van der Waals surface area contributed by atoms with E-state index in [1.807, 2.05) is 16.7 Å². The molecule has 3 rings (SSSR count). The van der Waals surface area contributed by atoms with E-state index in [9.17, 15) is 14.1 Å². The van der Waals surface area contributed by atoms with E-state index < -0.39 is 16.9 Å². The van der Waals surface area contributed by atoms with Crippen LogP contribution in [0.2, 0.25) is 0 Å². The van der Waals surface area contributed by atoms with E-state index in [1.165, 1.54) is 0 Å². The summed E-state index contributed by atoms with van der Waals surface area (Å²) in [6, 6.07) is 5.50. The molecule has 126 valence electrons. The number of nitrogens with zero attached hydrogens (tertiary/aromatic N) is 2. The van der Waals surface area contributed by atoms with E-state index in [0.29, 0.717) is 29.9 Å². The maximum absolute atomic E-state index is 12.0. The van der Waals surface area contributed by atoms with Crippen LogP contribution in [0, 0.1) is 5.92 Å². The molecule has 0 spiro atoms. The minimum Gasteiger partial charge on any atom is -0.391 e. The molecular formula is C17H24N2O3S. The fourth-order valence-corrected chi connectivity index (χ4v) is 4.84. The van der Waals surface area contributed by atoms with E-state index in [1.54, 1.807) is 12.1 Å². The average molecular weight is 336 g/mol. The summed E-state index contributed by atoms with van der Waals surface area (Å²) < 4.78 is 13.6. The minimum absolute atomic E-state index is 0.0884. The van der Waals surface area contributed by atoms with E-state index in [-0.39, 0.29) is 5.56 Å². The highest BCUT2D eigenvalue weighted by Crippen LogP contribution is 2.34. The Balaban J connectivity index is 1.65. The van der Waals surface area contributed by atoms with Crippen LogP contribution in [0.1, 0.15) is 18.0 Å². The normalized spacial score (nSPS) is 26.3. The second-order valence-corrected chi connectivity index (χ2v) is 8.18. The van der Waals surface area contributed by atoms with Crippen molar-refractivity contribution in [1.29, 1.82) is 0 Å². The first kappa shape index (κ1) is 16.6. The third kappa shape index (κ3) is 3.82. The van der Waals surface area contributed by atoms with Gasteiger partial charge in [0.15, 0.2) is 0 Å².